The first-order valence-electron chi connectivity index (χ1n) is 22.7. The molecule has 5 N–H and O–H groups in total. The number of allylic oxidation sites excluding steroid dienone is 1. The van der Waals surface area contributed by atoms with Gasteiger partial charge in [-0.2, -0.15) is 0 Å². The van der Waals surface area contributed by atoms with Gasteiger partial charge in [0.2, 0.25) is 17.7 Å². The van der Waals surface area contributed by atoms with Crippen molar-refractivity contribution in [3.63, 3.8) is 0 Å². The van der Waals surface area contributed by atoms with Crippen molar-refractivity contribution in [2.75, 3.05) is 26.2 Å². The van der Waals surface area contributed by atoms with Crippen molar-refractivity contribution in [3.05, 3.63) is 94.1 Å². The quantitative estimate of drug-likeness (QED) is 0.0394. The van der Waals surface area contributed by atoms with E-state index < -0.39 is 83.4 Å². The van der Waals surface area contributed by atoms with Gasteiger partial charge in [-0.3, -0.25) is 52.8 Å². The van der Waals surface area contributed by atoms with Crippen molar-refractivity contribution >= 4 is 76.9 Å². The van der Waals surface area contributed by atoms with Crippen molar-refractivity contribution in [1.29, 1.82) is 0 Å². The lowest BCUT2D eigenvalue weighted by atomic mass is 9.86. The van der Waals surface area contributed by atoms with E-state index in [9.17, 15) is 57.8 Å². The van der Waals surface area contributed by atoms with E-state index >= 15 is 0 Å². The maximum Gasteiger partial charge on any atom is 0.353 e. The maximum absolute atomic E-state index is 13.9. The predicted octanol–water partition coefficient (Wildman–Crippen LogP) is 3.21. The number of nitrogens with zero attached hydrogens (tertiary/aromatic N) is 2. The van der Waals surface area contributed by atoms with Crippen molar-refractivity contribution < 1.29 is 76.8 Å². The van der Waals surface area contributed by atoms with E-state index in [4.69, 9.17) is 30.5 Å². The highest BCUT2D eigenvalue weighted by Gasteiger charge is 2.53. The lowest BCUT2D eigenvalue weighted by molar-refractivity contribution is -0.156. The van der Waals surface area contributed by atoms with Crippen molar-refractivity contribution in [2.45, 2.75) is 90.8 Å². The molecule has 382 valence electrons. The number of para-hydroxylation sites is 2. The summed E-state index contributed by atoms with van der Waals surface area (Å²) in [6.07, 6.45) is 0.616. The van der Waals surface area contributed by atoms with Gasteiger partial charge < -0.3 is 50.2 Å². The van der Waals surface area contributed by atoms with Gasteiger partial charge in [0.15, 0.2) is 23.0 Å². The van der Waals surface area contributed by atoms with Gasteiger partial charge in [-0.25, -0.2) is 4.79 Å². The van der Waals surface area contributed by atoms with Gasteiger partial charge in [0.05, 0.1) is 17.2 Å². The third kappa shape index (κ3) is 14.7. The molecule has 1 saturated heterocycles. The highest BCUT2D eigenvalue weighted by atomic mass is 35.5. The van der Waals surface area contributed by atoms with E-state index in [1.165, 1.54) is 41.3 Å². The minimum absolute atomic E-state index is 0.00443. The number of rotatable bonds is 23. The van der Waals surface area contributed by atoms with Crippen LogP contribution in [0.5, 0.6) is 23.0 Å². The Morgan fingerprint density at radius 3 is 1.75 bits per heavy atom. The molecule has 0 spiro atoms. The average Bonchev–Trinajstić information content (AvgIpc) is 3.32. The van der Waals surface area contributed by atoms with Gasteiger partial charge in [0, 0.05) is 71.7 Å². The zero-order valence-corrected chi connectivity index (χ0v) is 40.5. The zero-order valence-electron chi connectivity index (χ0n) is 39.7. The molecular formula is C49H53ClN6O16. The van der Waals surface area contributed by atoms with Crippen molar-refractivity contribution in [3.8, 4) is 23.0 Å². The van der Waals surface area contributed by atoms with E-state index in [0.717, 1.165) is 32.6 Å². The maximum atomic E-state index is 13.9. The molecule has 0 bridgehead atoms. The number of benzene rings is 3. The molecule has 5 rings (SSSR count). The summed E-state index contributed by atoms with van der Waals surface area (Å²) in [5.41, 5.74) is -0.156. The Morgan fingerprint density at radius 1 is 0.694 bits per heavy atom. The molecule has 2 aliphatic rings. The molecule has 22 nitrogen and oxygen atoms in total. The molecule has 3 aromatic carbocycles. The molecule has 3 atom stereocenters. The molecule has 23 heteroatoms. The first-order valence-corrected chi connectivity index (χ1v) is 23.1. The number of hydrogen-bond donors (Lipinski definition) is 5. The monoisotopic (exact) mass is 1020 g/mol. The molecular weight excluding hydrogens is 964 g/mol. The van der Waals surface area contributed by atoms with Crippen LogP contribution in [0.4, 0.5) is 0 Å². The van der Waals surface area contributed by atoms with E-state index in [0.29, 0.717) is 24.8 Å². The summed E-state index contributed by atoms with van der Waals surface area (Å²) >= 11 is 6.11. The van der Waals surface area contributed by atoms with Gasteiger partial charge in [-0.05, 0) is 61.9 Å². The highest BCUT2D eigenvalue weighted by molar-refractivity contribution is 6.32. The second-order valence-electron chi connectivity index (χ2n) is 16.4. The lowest BCUT2D eigenvalue weighted by Crippen LogP contribution is -2.72. The molecule has 72 heavy (non-hydrogen) atoms. The number of carbonyl (C=O) groups excluding carboxylic acids is 10. The number of halogens is 1. The number of carboxylic acid groups (broad SMARTS) is 1. The number of ether oxygens (including phenoxy) is 4. The van der Waals surface area contributed by atoms with E-state index in [-0.39, 0.29) is 96.7 Å². The second-order valence-corrected chi connectivity index (χ2v) is 16.8. The normalized spacial score (nSPS) is 15.1. The standard InChI is InChI=1S/C49H53ClN6O16/c1-27(57)69-36-17-10-15-32(43(36)71-29(3)59)45(63)51-23-8-9-25-55(26-12-24-52-46(64)33-16-11-18-37(70-28(2)58)44(33)72-30(4)60)39(62)22-21-38(61)53-40(31-13-6-5-7-14-31)47(65)54-41-35-20-19-34(50)42(49(67)68)56(35)48(41)66/h5-7,10-11,13-18,35,40-41H,8-9,12,19-26H2,1-4H3,(H,51,63)(H,52,64)(H,53,61)(H,54,65)(H,67,68)/t35-,40+,41+/m1/s1. The van der Waals surface area contributed by atoms with Crippen LogP contribution in [0.1, 0.15) is 105 Å². The number of carbonyl (C=O) groups is 11. The van der Waals surface area contributed by atoms with Crippen LogP contribution in [0.15, 0.2) is 77.5 Å². The summed E-state index contributed by atoms with van der Waals surface area (Å²) in [4.78, 5) is 142. The number of hydrogen-bond acceptors (Lipinski definition) is 15. The first-order chi connectivity index (χ1) is 34.3. The number of fused-ring (bicyclic) bond motifs is 1. The summed E-state index contributed by atoms with van der Waals surface area (Å²) < 4.78 is 20.6. The van der Waals surface area contributed by atoms with Crippen molar-refractivity contribution in [2.24, 2.45) is 0 Å². The zero-order chi connectivity index (χ0) is 52.6. The number of esters is 4. The third-order valence-electron chi connectivity index (χ3n) is 11.0. The van der Waals surface area contributed by atoms with E-state index in [1.807, 2.05) is 0 Å². The van der Waals surface area contributed by atoms with Crippen LogP contribution >= 0.6 is 11.6 Å². The average molecular weight is 1020 g/mol. The molecule has 6 amide bonds. The minimum atomic E-state index is -1.38. The molecule has 2 heterocycles. The number of unbranched alkanes of at least 4 members (excludes halogenated alkanes) is 1. The lowest BCUT2D eigenvalue weighted by Gasteiger charge is -2.49. The fourth-order valence-corrected chi connectivity index (χ4v) is 8.10. The Labute approximate surface area is 417 Å². The number of aliphatic carboxylic acids is 1. The van der Waals surface area contributed by atoms with Crippen LogP contribution < -0.4 is 40.2 Å². The van der Waals surface area contributed by atoms with Crippen molar-refractivity contribution in [1.82, 2.24) is 31.1 Å². The van der Waals surface area contributed by atoms with Gasteiger partial charge in [-0.1, -0.05) is 54.1 Å². The smallest absolute Gasteiger partial charge is 0.353 e. The number of nitrogens with one attached hydrogen (secondary N) is 4. The predicted molar refractivity (Wildman–Crippen MR) is 252 cm³/mol. The SMILES string of the molecule is CC(=O)Oc1cccc(C(=O)NCCCCN(CCCNC(=O)c2cccc(OC(C)=O)c2OC(C)=O)C(=O)CCC(=O)N[C@H](C(=O)N[C@@H]2C(=O)N3C(C(=O)O)=C(Cl)CC[C@H]23)c2ccccc2)c1OC(C)=O. The molecule has 0 aromatic heterocycles. The Balaban J connectivity index is 1.24. The van der Waals surface area contributed by atoms with E-state index in [1.54, 1.807) is 30.3 Å². The van der Waals surface area contributed by atoms with Crippen LogP contribution in [0.25, 0.3) is 0 Å². The Bertz CT molecular complexity index is 2660. The van der Waals surface area contributed by atoms with Gasteiger partial charge in [0.1, 0.15) is 17.8 Å². The Kier molecular flexibility index (Phi) is 19.5. The molecule has 2 aliphatic heterocycles. The molecule has 0 aliphatic carbocycles. The number of carboxylic acids is 1. The third-order valence-corrected chi connectivity index (χ3v) is 11.3. The summed E-state index contributed by atoms with van der Waals surface area (Å²) in [5, 5.41) is 20.4. The first kappa shape index (κ1) is 54.8. The van der Waals surface area contributed by atoms with E-state index in [2.05, 4.69) is 21.3 Å². The summed E-state index contributed by atoms with van der Waals surface area (Å²) in [5.74, 6) is -9.02. The van der Waals surface area contributed by atoms with Crippen LogP contribution in [-0.2, 0) is 43.2 Å². The summed E-state index contributed by atoms with van der Waals surface area (Å²) in [7, 11) is 0. The summed E-state index contributed by atoms with van der Waals surface area (Å²) in [6.45, 7) is 4.80. The molecule has 0 radical (unpaired) electrons. The fraction of sp³-hybridized carbons (Fsp3) is 0.367. The largest absolute Gasteiger partial charge is 0.477 e. The molecule has 1 fully saturated rings. The van der Waals surface area contributed by atoms with Crippen LogP contribution in [0.3, 0.4) is 0 Å². The van der Waals surface area contributed by atoms with Gasteiger partial charge in [0.25, 0.3) is 17.7 Å². The molecule has 0 saturated carbocycles. The fourth-order valence-electron chi connectivity index (χ4n) is 7.82. The van der Waals surface area contributed by atoms with Crippen LogP contribution in [0, 0.1) is 0 Å². The van der Waals surface area contributed by atoms with Crippen LogP contribution in [0.2, 0.25) is 0 Å². The topological polar surface area (TPSA) is 300 Å². The Morgan fingerprint density at radius 2 is 1.22 bits per heavy atom. The second kappa shape index (κ2) is 25.6. The van der Waals surface area contributed by atoms with Gasteiger partial charge >= 0.3 is 29.8 Å². The Hall–Kier alpha value is -8.14. The minimum Gasteiger partial charge on any atom is -0.477 e. The van der Waals surface area contributed by atoms with Crippen LogP contribution in [-0.4, -0.2) is 118 Å². The molecule has 3 aromatic rings. The summed E-state index contributed by atoms with van der Waals surface area (Å²) in [6, 6.07) is 13.4. The number of amides is 6. The highest BCUT2D eigenvalue weighted by Crippen LogP contribution is 2.38. The van der Waals surface area contributed by atoms with Gasteiger partial charge in [-0.15, -0.1) is 0 Å². The number of β-lactam (4-membered cyclic amide) rings is 1. The molecule has 0 unspecified atom stereocenters.